The third-order valence-electron chi connectivity index (χ3n) is 3.65. The highest BCUT2D eigenvalue weighted by molar-refractivity contribution is 9.10. The van der Waals surface area contributed by atoms with E-state index in [4.69, 9.17) is 22.1 Å². The minimum absolute atomic E-state index is 0.0503. The van der Waals surface area contributed by atoms with Gasteiger partial charge in [-0.1, -0.05) is 11.6 Å². The fourth-order valence-corrected chi connectivity index (χ4v) is 5.51. The lowest BCUT2D eigenvalue weighted by atomic mass is 10.0. The molecule has 0 saturated carbocycles. The molecule has 0 aromatic heterocycles. The van der Waals surface area contributed by atoms with Crippen molar-refractivity contribution in [1.29, 1.82) is 0 Å². The van der Waals surface area contributed by atoms with Crippen LogP contribution < -0.4 is 10.5 Å². The Morgan fingerprint density at radius 2 is 2.14 bits per heavy atom. The van der Waals surface area contributed by atoms with Crippen LogP contribution in [0.2, 0.25) is 5.02 Å². The Morgan fingerprint density at radius 1 is 1.48 bits per heavy atom. The van der Waals surface area contributed by atoms with Crippen LogP contribution in [0, 0.1) is 0 Å². The standard InChI is InChI=1S/C13H18BrClN2O3S/c1-8-5-9(16)3-4-17(8)21(18,19)13-7-11(15)12(20-2)6-10(13)14/h6-9H,3-5,16H2,1-2H3/t8-,9+/m0/s1. The zero-order chi connectivity index (χ0) is 15.8. The van der Waals surface area contributed by atoms with Crippen molar-refractivity contribution in [3.05, 3.63) is 21.6 Å². The molecule has 2 N–H and O–H groups in total. The van der Waals surface area contributed by atoms with Gasteiger partial charge in [-0.25, -0.2) is 8.42 Å². The molecule has 1 fully saturated rings. The molecule has 1 heterocycles. The number of nitrogens with two attached hydrogens (primary N) is 1. The van der Waals surface area contributed by atoms with Crippen molar-refractivity contribution < 1.29 is 13.2 Å². The van der Waals surface area contributed by atoms with Gasteiger partial charge in [0.2, 0.25) is 10.0 Å². The highest BCUT2D eigenvalue weighted by Gasteiger charge is 2.35. The van der Waals surface area contributed by atoms with E-state index in [1.165, 1.54) is 17.5 Å². The SMILES string of the molecule is COc1cc(Br)c(S(=O)(=O)N2CC[C@@H](N)C[C@@H]2C)cc1Cl. The lowest BCUT2D eigenvalue weighted by Gasteiger charge is -2.35. The van der Waals surface area contributed by atoms with Crippen molar-refractivity contribution in [2.45, 2.75) is 36.7 Å². The molecule has 1 saturated heterocycles. The highest BCUT2D eigenvalue weighted by atomic mass is 79.9. The van der Waals surface area contributed by atoms with Crippen LogP contribution in [0.1, 0.15) is 19.8 Å². The summed E-state index contributed by atoms with van der Waals surface area (Å²) in [4.78, 5) is 0.149. The number of methoxy groups -OCH3 is 1. The molecule has 0 bridgehead atoms. The Kier molecular flexibility index (Phi) is 5.20. The molecule has 118 valence electrons. The van der Waals surface area contributed by atoms with E-state index in [0.717, 1.165) is 0 Å². The molecule has 1 aliphatic rings. The smallest absolute Gasteiger partial charge is 0.244 e. The first-order valence-electron chi connectivity index (χ1n) is 6.57. The summed E-state index contributed by atoms with van der Waals surface area (Å²) >= 11 is 9.34. The molecule has 1 aromatic carbocycles. The summed E-state index contributed by atoms with van der Waals surface area (Å²) in [5.41, 5.74) is 5.89. The van der Waals surface area contributed by atoms with Gasteiger partial charge in [-0.2, -0.15) is 4.31 Å². The van der Waals surface area contributed by atoms with Crippen LogP contribution in [0.5, 0.6) is 5.75 Å². The van der Waals surface area contributed by atoms with Gasteiger partial charge in [0.15, 0.2) is 0 Å². The number of piperidine rings is 1. The van der Waals surface area contributed by atoms with E-state index >= 15 is 0 Å². The lowest BCUT2D eigenvalue weighted by molar-refractivity contribution is 0.247. The van der Waals surface area contributed by atoms with E-state index in [9.17, 15) is 8.42 Å². The Hall–Kier alpha value is -0.340. The highest BCUT2D eigenvalue weighted by Crippen LogP contribution is 2.36. The van der Waals surface area contributed by atoms with Crippen molar-refractivity contribution in [2.75, 3.05) is 13.7 Å². The molecule has 5 nitrogen and oxygen atoms in total. The molecule has 0 unspecified atom stereocenters. The van der Waals surface area contributed by atoms with Crippen LogP contribution in [0.25, 0.3) is 0 Å². The topological polar surface area (TPSA) is 72.6 Å². The molecule has 0 aliphatic carbocycles. The lowest BCUT2D eigenvalue weighted by Crippen LogP contribution is -2.48. The Labute approximate surface area is 138 Å². The van der Waals surface area contributed by atoms with Gasteiger partial charge in [0.25, 0.3) is 0 Å². The van der Waals surface area contributed by atoms with E-state index in [0.29, 0.717) is 29.6 Å². The second kappa shape index (κ2) is 6.42. The zero-order valence-corrected chi connectivity index (χ0v) is 15.0. The molecule has 21 heavy (non-hydrogen) atoms. The molecule has 0 amide bonds. The second-order valence-electron chi connectivity index (χ2n) is 5.17. The van der Waals surface area contributed by atoms with Crippen molar-refractivity contribution in [1.82, 2.24) is 4.31 Å². The van der Waals surface area contributed by atoms with Gasteiger partial charge in [-0.15, -0.1) is 0 Å². The minimum Gasteiger partial charge on any atom is -0.495 e. The molecule has 8 heteroatoms. The fourth-order valence-electron chi connectivity index (χ4n) is 2.53. The number of halogens is 2. The number of hydrogen-bond acceptors (Lipinski definition) is 4. The summed E-state index contributed by atoms with van der Waals surface area (Å²) in [7, 11) is -2.14. The largest absolute Gasteiger partial charge is 0.495 e. The van der Waals surface area contributed by atoms with E-state index in [2.05, 4.69) is 15.9 Å². The van der Waals surface area contributed by atoms with Gasteiger partial charge in [-0.3, -0.25) is 0 Å². The number of hydrogen-bond donors (Lipinski definition) is 1. The normalized spacial score (nSPS) is 24.0. The van der Waals surface area contributed by atoms with Crippen molar-refractivity contribution >= 4 is 37.6 Å². The monoisotopic (exact) mass is 396 g/mol. The van der Waals surface area contributed by atoms with Crippen LogP contribution in [0.4, 0.5) is 0 Å². The molecule has 2 rings (SSSR count). The molecule has 1 aliphatic heterocycles. The van der Waals surface area contributed by atoms with E-state index in [-0.39, 0.29) is 22.0 Å². The quantitative estimate of drug-likeness (QED) is 0.851. The first-order valence-corrected chi connectivity index (χ1v) is 9.19. The number of benzene rings is 1. The maximum atomic E-state index is 12.8. The third-order valence-corrected chi connectivity index (χ3v) is 6.92. The third kappa shape index (κ3) is 3.37. The molecule has 0 spiro atoms. The van der Waals surface area contributed by atoms with Gasteiger partial charge >= 0.3 is 0 Å². The van der Waals surface area contributed by atoms with E-state index in [1.54, 1.807) is 6.07 Å². The minimum atomic E-state index is -3.62. The molecule has 1 aromatic rings. The van der Waals surface area contributed by atoms with Gasteiger partial charge in [-0.05, 0) is 47.8 Å². The zero-order valence-electron chi connectivity index (χ0n) is 11.8. The summed E-state index contributed by atoms with van der Waals surface area (Å²) in [6.45, 7) is 2.29. The van der Waals surface area contributed by atoms with Crippen molar-refractivity contribution in [2.24, 2.45) is 5.73 Å². The molecular weight excluding hydrogens is 380 g/mol. The Morgan fingerprint density at radius 3 is 2.71 bits per heavy atom. The number of rotatable bonds is 3. The van der Waals surface area contributed by atoms with Gasteiger partial charge in [0.05, 0.1) is 17.0 Å². The number of ether oxygens (including phenoxy) is 1. The summed E-state index contributed by atoms with van der Waals surface area (Å²) < 4.78 is 32.7. The Balaban J connectivity index is 2.42. The number of nitrogens with zero attached hydrogens (tertiary/aromatic N) is 1. The fraction of sp³-hybridized carbons (Fsp3) is 0.538. The van der Waals surface area contributed by atoms with Crippen LogP contribution in [-0.2, 0) is 10.0 Å². The molecular formula is C13H18BrClN2O3S. The molecule has 0 radical (unpaired) electrons. The van der Waals surface area contributed by atoms with E-state index < -0.39 is 10.0 Å². The predicted octanol–water partition coefficient (Wildman–Crippen LogP) is 2.61. The van der Waals surface area contributed by atoms with Gasteiger partial charge in [0, 0.05) is 23.1 Å². The first-order chi connectivity index (χ1) is 9.77. The van der Waals surface area contributed by atoms with E-state index in [1.807, 2.05) is 6.92 Å². The summed E-state index contributed by atoms with van der Waals surface area (Å²) in [6.07, 6.45) is 1.31. The average Bonchev–Trinajstić information content (AvgIpc) is 2.40. The summed E-state index contributed by atoms with van der Waals surface area (Å²) in [5, 5.41) is 0.264. The van der Waals surface area contributed by atoms with Gasteiger partial charge < -0.3 is 10.5 Å². The van der Waals surface area contributed by atoms with Gasteiger partial charge in [0.1, 0.15) is 5.75 Å². The Bertz CT molecular complexity index is 639. The molecule has 2 atom stereocenters. The van der Waals surface area contributed by atoms with Crippen molar-refractivity contribution in [3.8, 4) is 5.75 Å². The van der Waals surface area contributed by atoms with Crippen LogP contribution in [-0.4, -0.2) is 38.5 Å². The maximum Gasteiger partial charge on any atom is 0.244 e. The second-order valence-corrected chi connectivity index (χ2v) is 8.29. The maximum absolute atomic E-state index is 12.8. The van der Waals surface area contributed by atoms with Crippen LogP contribution in [0.15, 0.2) is 21.5 Å². The van der Waals surface area contributed by atoms with Crippen LogP contribution >= 0.6 is 27.5 Å². The summed E-state index contributed by atoms with van der Waals surface area (Å²) in [5.74, 6) is 0.427. The van der Waals surface area contributed by atoms with Crippen LogP contribution in [0.3, 0.4) is 0 Å². The average molecular weight is 398 g/mol. The number of sulfonamides is 1. The first kappa shape index (κ1) is 17.0. The predicted molar refractivity (Wildman–Crippen MR) is 86.3 cm³/mol. The summed E-state index contributed by atoms with van der Waals surface area (Å²) in [6, 6.07) is 2.90. The van der Waals surface area contributed by atoms with Crippen molar-refractivity contribution in [3.63, 3.8) is 0 Å².